The van der Waals surface area contributed by atoms with E-state index in [0.29, 0.717) is 18.5 Å². The largest absolute Gasteiger partial charge is 0.496 e. The molecule has 5 heteroatoms. The van der Waals surface area contributed by atoms with Crippen LogP contribution in [0.3, 0.4) is 0 Å². The molecule has 1 aliphatic rings. The number of benzene rings is 2. The van der Waals surface area contributed by atoms with E-state index in [2.05, 4.69) is 5.32 Å². The number of hydrogen-bond acceptors (Lipinski definition) is 3. The zero-order valence-corrected chi connectivity index (χ0v) is 16.1. The molecule has 1 aliphatic heterocycles. The minimum Gasteiger partial charge on any atom is -0.496 e. The highest BCUT2D eigenvalue weighted by atomic mass is 16.5. The quantitative estimate of drug-likeness (QED) is 0.849. The summed E-state index contributed by atoms with van der Waals surface area (Å²) in [5, 5.41) is 3.04. The Hall–Kier alpha value is -2.82. The normalized spacial score (nSPS) is 14.9. The van der Waals surface area contributed by atoms with Crippen LogP contribution in [0.2, 0.25) is 0 Å². The second kappa shape index (κ2) is 8.25. The van der Waals surface area contributed by atoms with Crippen LogP contribution in [-0.2, 0) is 11.3 Å². The van der Waals surface area contributed by atoms with Crippen LogP contribution in [0, 0.1) is 6.92 Å². The van der Waals surface area contributed by atoms with Gasteiger partial charge < -0.3 is 15.0 Å². The van der Waals surface area contributed by atoms with E-state index < -0.39 is 0 Å². The Morgan fingerprint density at radius 1 is 1.26 bits per heavy atom. The predicted octanol–water partition coefficient (Wildman–Crippen LogP) is 3.62. The molecule has 5 nitrogen and oxygen atoms in total. The van der Waals surface area contributed by atoms with Gasteiger partial charge in [0.2, 0.25) is 5.91 Å². The zero-order chi connectivity index (χ0) is 19.4. The standard InChI is InChI=1S/C22H26N2O3/c1-15-9-10-20(27-3)19(12-15)16(2)23-22(26)18-7-4-6-17(13-18)14-24-11-5-8-21(24)25/h4,6-7,9-10,12-13,16H,5,8,11,14H2,1-3H3,(H,23,26)/t16-/m0/s1. The topological polar surface area (TPSA) is 58.6 Å². The van der Waals surface area contributed by atoms with Crippen molar-refractivity contribution in [2.24, 2.45) is 0 Å². The van der Waals surface area contributed by atoms with E-state index in [1.807, 2.05) is 55.1 Å². The van der Waals surface area contributed by atoms with E-state index in [1.54, 1.807) is 13.2 Å². The van der Waals surface area contributed by atoms with Gasteiger partial charge in [-0.3, -0.25) is 9.59 Å². The molecule has 2 aromatic rings. The van der Waals surface area contributed by atoms with E-state index in [9.17, 15) is 9.59 Å². The maximum absolute atomic E-state index is 12.7. The molecule has 0 spiro atoms. The van der Waals surface area contributed by atoms with Gasteiger partial charge in [0.15, 0.2) is 0 Å². The van der Waals surface area contributed by atoms with Crippen molar-refractivity contribution in [3.05, 3.63) is 64.7 Å². The molecule has 0 unspecified atom stereocenters. The lowest BCUT2D eigenvalue weighted by Crippen LogP contribution is -2.27. The summed E-state index contributed by atoms with van der Waals surface area (Å²) in [5.74, 6) is 0.806. The first kappa shape index (κ1) is 19.0. The summed E-state index contributed by atoms with van der Waals surface area (Å²) in [4.78, 5) is 26.4. The molecular formula is C22H26N2O3. The third-order valence-corrected chi connectivity index (χ3v) is 4.93. The first-order valence-corrected chi connectivity index (χ1v) is 9.30. The Morgan fingerprint density at radius 2 is 2.07 bits per heavy atom. The molecule has 2 aromatic carbocycles. The SMILES string of the molecule is COc1ccc(C)cc1[C@H](C)NC(=O)c1cccc(CN2CCCC2=O)c1. The van der Waals surface area contributed by atoms with Gasteiger partial charge in [0.25, 0.3) is 5.91 Å². The van der Waals surface area contributed by atoms with Crippen molar-refractivity contribution < 1.29 is 14.3 Å². The number of methoxy groups -OCH3 is 1. The van der Waals surface area contributed by atoms with Gasteiger partial charge in [0.05, 0.1) is 13.2 Å². The van der Waals surface area contributed by atoms with Gasteiger partial charge in [-0.25, -0.2) is 0 Å². The predicted molar refractivity (Wildman–Crippen MR) is 105 cm³/mol. The highest BCUT2D eigenvalue weighted by molar-refractivity contribution is 5.94. The second-order valence-electron chi connectivity index (χ2n) is 7.06. The van der Waals surface area contributed by atoms with Gasteiger partial charge in [-0.2, -0.15) is 0 Å². The Bertz CT molecular complexity index is 847. The highest BCUT2D eigenvalue weighted by Crippen LogP contribution is 2.26. The van der Waals surface area contributed by atoms with Crippen molar-refractivity contribution in [2.75, 3.05) is 13.7 Å². The Morgan fingerprint density at radius 3 is 2.78 bits per heavy atom. The number of carbonyl (C=O) groups is 2. The molecule has 0 radical (unpaired) electrons. The molecule has 142 valence electrons. The summed E-state index contributed by atoms with van der Waals surface area (Å²) in [5.41, 5.74) is 3.63. The summed E-state index contributed by atoms with van der Waals surface area (Å²) in [6, 6.07) is 13.2. The average molecular weight is 366 g/mol. The van der Waals surface area contributed by atoms with Gasteiger partial charge in [0.1, 0.15) is 5.75 Å². The molecule has 27 heavy (non-hydrogen) atoms. The second-order valence-corrected chi connectivity index (χ2v) is 7.06. The molecule has 0 bridgehead atoms. The molecule has 1 heterocycles. The summed E-state index contributed by atoms with van der Waals surface area (Å²) in [6.07, 6.45) is 1.53. The third kappa shape index (κ3) is 4.48. The minimum absolute atomic E-state index is 0.138. The Balaban J connectivity index is 1.71. The number of rotatable bonds is 6. The van der Waals surface area contributed by atoms with Gasteiger partial charge in [-0.15, -0.1) is 0 Å². The van der Waals surface area contributed by atoms with Crippen molar-refractivity contribution in [1.29, 1.82) is 0 Å². The van der Waals surface area contributed by atoms with Crippen LogP contribution in [-0.4, -0.2) is 30.4 Å². The lowest BCUT2D eigenvalue weighted by Gasteiger charge is -2.19. The van der Waals surface area contributed by atoms with Crippen LogP contribution in [0.25, 0.3) is 0 Å². The number of nitrogens with one attached hydrogen (secondary N) is 1. The van der Waals surface area contributed by atoms with Gasteiger partial charge in [-0.1, -0.05) is 29.8 Å². The smallest absolute Gasteiger partial charge is 0.251 e. The lowest BCUT2D eigenvalue weighted by atomic mass is 10.0. The lowest BCUT2D eigenvalue weighted by molar-refractivity contribution is -0.128. The van der Waals surface area contributed by atoms with Crippen molar-refractivity contribution in [2.45, 2.75) is 39.3 Å². The van der Waals surface area contributed by atoms with E-state index in [0.717, 1.165) is 35.4 Å². The number of amides is 2. The van der Waals surface area contributed by atoms with Crippen molar-refractivity contribution in [3.63, 3.8) is 0 Å². The molecular weight excluding hydrogens is 340 g/mol. The molecule has 0 saturated carbocycles. The summed E-state index contributed by atoms with van der Waals surface area (Å²) >= 11 is 0. The van der Waals surface area contributed by atoms with E-state index in [-0.39, 0.29) is 17.9 Å². The molecule has 0 aliphatic carbocycles. The van der Waals surface area contributed by atoms with E-state index in [1.165, 1.54) is 0 Å². The first-order chi connectivity index (χ1) is 13.0. The molecule has 2 amide bonds. The third-order valence-electron chi connectivity index (χ3n) is 4.93. The number of nitrogens with zero attached hydrogens (tertiary/aromatic N) is 1. The number of hydrogen-bond donors (Lipinski definition) is 1. The first-order valence-electron chi connectivity index (χ1n) is 9.30. The Labute approximate surface area is 160 Å². The van der Waals surface area contributed by atoms with Crippen LogP contribution >= 0.6 is 0 Å². The molecule has 1 fully saturated rings. The van der Waals surface area contributed by atoms with Crippen LogP contribution in [0.1, 0.15) is 52.9 Å². The van der Waals surface area contributed by atoms with Crippen LogP contribution < -0.4 is 10.1 Å². The highest BCUT2D eigenvalue weighted by Gasteiger charge is 2.21. The number of ether oxygens (including phenoxy) is 1. The molecule has 1 saturated heterocycles. The van der Waals surface area contributed by atoms with Crippen molar-refractivity contribution >= 4 is 11.8 Å². The Kier molecular flexibility index (Phi) is 5.79. The molecule has 1 N–H and O–H groups in total. The van der Waals surface area contributed by atoms with E-state index in [4.69, 9.17) is 4.74 Å². The molecule has 1 atom stereocenters. The maximum Gasteiger partial charge on any atom is 0.251 e. The average Bonchev–Trinajstić information content (AvgIpc) is 3.06. The minimum atomic E-state index is -0.184. The fourth-order valence-electron chi connectivity index (χ4n) is 3.45. The summed E-state index contributed by atoms with van der Waals surface area (Å²) < 4.78 is 5.42. The van der Waals surface area contributed by atoms with Gasteiger partial charge in [-0.05, 0) is 44.0 Å². The fourth-order valence-corrected chi connectivity index (χ4v) is 3.45. The number of likely N-dealkylation sites (tertiary alicyclic amines) is 1. The fraction of sp³-hybridized carbons (Fsp3) is 0.364. The monoisotopic (exact) mass is 366 g/mol. The number of carbonyl (C=O) groups excluding carboxylic acids is 2. The van der Waals surface area contributed by atoms with Crippen LogP contribution in [0.15, 0.2) is 42.5 Å². The van der Waals surface area contributed by atoms with Crippen LogP contribution in [0.4, 0.5) is 0 Å². The molecule has 3 rings (SSSR count). The maximum atomic E-state index is 12.7. The number of aryl methyl sites for hydroxylation is 1. The van der Waals surface area contributed by atoms with Gasteiger partial charge in [0, 0.05) is 30.6 Å². The van der Waals surface area contributed by atoms with Gasteiger partial charge >= 0.3 is 0 Å². The summed E-state index contributed by atoms with van der Waals surface area (Å²) in [7, 11) is 1.63. The molecule has 0 aromatic heterocycles. The van der Waals surface area contributed by atoms with Crippen molar-refractivity contribution in [3.8, 4) is 5.75 Å². The zero-order valence-electron chi connectivity index (χ0n) is 16.1. The van der Waals surface area contributed by atoms with Crippen molar-refractivity contribution in [1.82, 2.24) is 10.2 Å². The van der Waals surface area contributed by atoms with Crippen LogP contribution in [0.5, 0.6) is 5.75 Å². The van der Waals surface area contributed by atoms with E-state index >= 15 is 0 Å². The summed E-state index contributed by atoms with van der Waals surface area (Å²) in [6.45, 7) is 5.31.